The van der Waals surface area contributed by atoms with E-state index in [0.29, 0.717) is 4.73 Å². The molecule has 5 N–H and O–H groups in total. The lowest BCUT2D eigenvalue weighted by molar-refractivity contribution is -0.121. The average Bonchev–Trinajstić information content (AvgIpc) is 2.73. The molecule has 0 radical (unpaired) electrons. The van der Waals surface area contributed by atoms with Crippen molar-refractivity contribution in [3.63, 3.8) is 0 Å². The molecule has 12 heteroatoms. The number of benzene rings is 1. The summed E-state index contributed by atoms with van der Waals surface area (Å²) in [6.07, 6.45) is 0.818. The molecule has 2 rings (SSSR count). The first-order valence-electron chi connectivity index (χ1n) is 8.74. The summed E-state index contributed by atoms with van der Waals surface area (Å²) in [5.74, 6) is 1.16. The van der Waals surface area contributed by atoms with Crippen LogP contribution in [-0.2, 0) is 22.0 Å². The summed E-state index contributed by atoms with van der Waals surface area (Å²) in [6, 6.07) is 9.87. The number of halogens is 3. The fourth-order valence-electron chi connectivity index (χ4n) is 2.37. The van der Waals surface area contributed by atoms with Crippen molar-refractivity contribution in [3.05, 3.63) is 64.2 Å². The van der Waals surface area contributed by atoms with Crippen molar-refractivity contribution in [1.82, 2.24) is 15.5 Å². The summed E-state index contributed by atoms with van der Waals surface area (Å²) in [7, 11) is 0. The van der Waals surface area contributed by atoms with E-state index in [1.807, 2.05) is 0 Å². The number of hydrogen-bond donors (Lipinski definition) is 4. The Labute approximate surface area is 175 Å². The van der Waals surface area contributed by atoms with Crippen molar-refractivity contribution < 1.29 is 23.6 Å². The van der Waals surface area contributed by atoms with Crippen LogP contribution in [0.3, 0.4) is 0 Å². The Bertz CT molecular complexity index is 937. The van der Waals surface area contributed by atoms with E-state index in [2.05, 4.69) is 20.9 Å². The molecule has 2 aromatic rings. The van der Waals surface area contributed by atoms with Crippen LogP contribution in [0.15, 0.2) is 52.6 Å². The van der Waals surface area contributed by atoms with Gasteiger partial charge in [0.15, 0.2) is 5.49 Å². The summed E-state index contributed by atoms with van der Waals surface area (Å²) < 4.78 is 29.1. The number of hydrazone groups is 1. The number of rotatable bonds is 10. The minimum atomic E-state index is -3.23. The Morgan fingerprint density at radius 2 is 2.03 bits per heavy atom. The smallest absolute Gasteiger partial charge is 0.292 e. The molecule has 0 saturated heterocycles. The van der Waals surface area contributed by atoms with Crippen LogP contribution >= 0.6 is 11.6 Å². The van der Waals surface area contributed by atoms with Gasteiger partial charge in [0.1, 0.15) is 12.9 Å². The third kappa shape index (κ3) is 6.71. The first-order valence-corrected chi connectivity index (χ1v) is 9.12. The standard InChI is InChI=1S/C18H21ClF2N6O3/c19-14-6-7-16(24-11-18(20,21)13-4-2-1-3-5-13)27(29)15(14)10-17(28)23-8-9-30-26-12-25-22/h1-7,12,29H,8-11,22H2,(H,23,28)(H,25,26). The number of hydrogen-bond acceptors (Lipinski definition) is 6. The lowest BCUT2D eigenvalue weighted by Gasteiger charge is -2.14. The lowest BCUT2D eigenvalue weighted by atomic mass is 10.1. The van der Waals surface area contributed by atoms with Crippen LogP contribution in [0.5, 0.6) is 0 Å². The van der Waals surface area contributed by atoms with Gasteiger partial charge in [0.2, 0.25) is 5.91 Å². The van der Waals surface area contributed by atoms with E-state index in [0.717, 1.165) is 6.34 Å². The fourth-order valence-corrected chi connectivity index (χ4v) is 2.58. The summed E-state index contributed by atoms with van der Waals surface area (Å²) in [4.78, 5) is 20.7. The fraction of sp³-hybridized carbons (Fsp3) is 0.278. The summed E-state index contributed by atoms with van der Waals surface area (Å²) >= 11 is 6.04. The molecule has 0 aliphatic rings. The Morgan fingerprint density at radius 3 is 2.73 bits per heavy atom. The van der Waals surface area contributed by atoms with Crippen molar-refractivity contribution in [3.8, 4) is 0 Å². The maximum atomic E-state index is 14.3. The summed E-state index contributed by atoms with van der Waals surface area (Å²) in [6.45, 7) is -0.615. The van der Waals surface area contributed by atoms with Gasteiger partial charge in [-0.15, -0.1) is 0 Å². The molecule has 1 aromatic carbocycles. The molecule has 0 bridgehead atoms. The predicted molar refractivity (Wildman–Crippen MR) is 106 cm³/mol. The molecule has 0 aliphatic heterocycles. The first kappa shape index (κ1) is 23.1. The van der Waals surface area contributed by atoms with Crippen LogP contribution in [-0.4, -0.2) is 41.9 Å². The number of nitrogens with two attached hydrogens (primary N) is 1. The summed E-state index contributed by atoms with van der Waals surface area (Å²) in [5, 5.41) is 16.1. The largest absolute Gasteiger partial charge is 0.427 e. The van der Waals surface area contributed by atoms with Gasteiger partial charge in [-0.1, -0.05) is 41.9 Å². The van der Waals surface area contributed by atoms with E-state index in [-0.39, 0.29) is 41.3 Å². The highest BCUT2D eigenvalue weighted by Crippen LogP contribution is 2.27. The zero-order chi connectivity index (χ0) is 22.0. The number of alkyl halides is 2. The van der Waals surface area contributed by atoms with Gasteiger partial charge < -0.3 is 16.4 Å². The number of aromatic nitrogens is 1. The normalized spacial score (nSPS) is 12.3. The van der Waals surface area contributed by atoms with Crippen molar-refractivity contribution >= 4 is 23.8 Å². The van der Waals surface area contributed by atoms with Gasteiger partial charge in [-0.3, -0.25) is 20.1 Å². The second-order valence-electron chi connectivity index (χ2n) is 5.96. The molecule has 0 unspecified atom stereocenters. The first-order chi connectivity index (χ1) is 14.3. The number of carbonyl (C=O) groups excluding carboxylic acids is 1. The van der Waals surface area contributed by atoms with E-state index in [1.54, 1.807) is 6.07 Å². The SMILES string of the molecule is NN=CNOCCNC(=O)Cc1c(Cl)ccc(=NCC(F)(F)c2ccccc2)n1O. The number of pyridine rings is 1. The molecular weight excluding hydrogens is 422 g/mol. The molecule has 162 valence electrons. The molecule has 0 spiro atoms. The molecule has 0 saturated carbocycles. The van der Waals surface area contributed by atoms with E-state index < -0.39 is 18.4 Å². The Balaban J connectivity index is 2.05. The molecule has 0 atom stereocenters. The van der Waals surface area contributed by atoms with Gasteiger partial charge in [0.25, 0.3) is 5.92 Å². The van der Waals surface area contributed by atoms with Crippen LogP contribution in [0.4, 0.5) is 8.78 Å². The van der Waals surface area contributed by atoms with Crippen LogP contribution in [0, 0.1) is 0 Å². The highest BCUT2D eigenvalue weighted by Gasteiger charge is 2.30. The Morgan fingerprint density at radius 1 is 1.30 bits per heavy atom. The Kier molecular flexibility index (Phi) is 8.56. The molecule has 9 nitrogen and oxygen atoms in total. The molecule has 30 heavy (non-hydrogen) atoms. The van der Waals surface area contributed by atoms with E-state index >= 15 is 0 Å². The van der Waals surface area contributed by atoms with Gasteiger partial charge in [0.05, 0.1) is 23.7 Å². The van der Waals surface area contributed by atoms with Crippen molar-refractivity contribution in [2.75, 3.05) is 19.7 Å². The zero-order valence-electron chi connectivity index (χ0n) is 15.8. The highest BCUT2D eigenvalue weighted by molar-refractivity contribution is 6.31. The second kappa shape index (κ2) is 11.1. The molecule has 0 fully saturated rings. The van der Waals surface area contributed by atoms with Crippen molar-refractivity contribution in [2.24, 2.45) is 15.9 Å². The quantitative estimate of drug-likeness (QED) is 0.110. The molecule has 0 aliphatic carbocycles. The molecule has 1 amide bonds. The van der Waals surface area contributed by atoms with E-state index in [4.69, 9.17) is 22.3 Å². The topological polar surface area (TPSA) is 126 Å². The Hall–Kier alpha value is -3.18. The maximum Gasteiger partial charge on any atom is 0.292 e. The number of amides is 1. The second-order valence-corrected chi connectivity index (χ2v) is 6.36. The van der Waals surface area contributed by atoms with Gasteiger partial charge in [-0.05, 0) is 12.1 Å². The van der Waals surface area contributed by atoms with Gasteiger partial charge in [-0.2, -0.15) is 18.6 Å². The van der Waals surface area contributed by atoms with Crippen LogP contribution in [0.2, 0.25) is 5.02 Å². The van der Waals surface area contributed by atoms with Crippen LogP contribution < -0.4 is 22.1 Å². The lowest BCUT2D eigenvalue weighted by Crippen LogP contribution is -2.33. The minimum Gasteiger partial charge on any atom is -0.427 e. The van der Waals surface area contributed by atoms with Gasteiger partial charge in [-0.25, -0.2) is 0 Å². The number of nitrogens with one attached hydrogen (secondary N) is 2. The average molecular weight is 443 g/mol. The van der Waals surface area contributed by atoms with Crippen molar-refractivity contribution in [1.29, 1.82) is 0 Å². The monoisotopic (exact) mass is 442 g/mol. The minimum absolute atomic E-state index is 0.00718. The van der Waals surface area contributed by atoms with E-state index in [9.17, 15) is 18.8 Å². The predicted octanol–water partition coefficient (Wildman–Crippen LogP) is 1.15. The van der Waals surface area contributed by atoms with Crippen LogP contribution in [0.25, 0.3) is 0 Å². The van der Waals surface area contributed by atoms with Gasteiger partial charge >= 0.3 is 0 Å². The number of nitrogens with zero attached hydrogens (tertiary/aromatic N) is 3. The zero-order valence-corrected chi connectivity index (χ0v) is 16.5. The molecule has 1 heterocycles. The molecule has 1 aromatic heterocycles. The van der Waals surface area contributed by atoms with Crippen LogP contribution in [0.1, 0.15) is 11.3 Å². The number of carbonyl (C=O) groups is 1. The van der Waals surface area contributed by atoms with E-state index in [1.165, 1.54) is 36.4 Å². The third-order valence-corrected chi connectivity index (χ3v) is 4.17. The maximum absolute atomic E-state index is 14.3. The van der Waals surface area contributed by atoms with Gasteiger partial charge in [0, 0.05) is 12.1 Å². The third-order valence-electron chi connectivity index (χ3n) is 3.83. The highest BCUT2D eigenvalue weighted by atomic mass is 35.5. The van der Waals surface area contributed by atoms with Crippen molar-refractivity contribution in [2.45, 2.75) is 12.3 Å². The molecular formula is C18H21ClF2N6O3. The number of hydroxylamine groups is 1. The summed E-state index contributed by atoms with van der Waals surface area (Å²) in [5.41, 5.74) is 1.97.